The number of hydrogen-bond acceptors (Lipinski definition) is 3. The molecule has 0 aliphatic heterocycles. The lowest BCUT2D eigenvalue weighted by atomic mass is 10.0. The minimum Gasteiger partial charge on any atom is -0.357 e. The second-order valence-electron chi connectivity index (χ2n) is 5.14. The van der Waals surface area contributed by atoms with Crippen molar-refractivity contribution in [2.45, 2.75) is 40.3 Å². The van der Waals surface area contributed by atoms with Gasteiger partial charge in [-0.3, -0.25) is 4.68 Å². The van der Waals surface area contributed by atoms with Gasteiger partial charge < -0.3 is 10.2 Å². The highest BCUT2D eigenvalue weighted by molar-refractivity contribution is 5.50. The molecule has 98 valence electrons. The average molecular weight is 238 g/mol. The van der Waals surface area contributed by atoms with Crippen LogP contribution < -0.4 is 10.2 Å². The standard InChI is InChI=1S/C13H26N4/c1-9(2)11(4)16(6)13-12(8-14-5)10(3)15-17(13)7/h9,11,14H,8H2,1-7H3. The average Bonchev–Trinajstić information content (AvgIpc) is 2.52. The Bertz CT molecular complexity index is 368. The fourth-order valence-electron chi connectivity index (χ4n) is 2.15. The molecule has 0 saturated heterocycles. The maximum atomic E-state index is 4.53. The zero-order valence-electron chi connectivity index (χ0n) is 12.2. The molecule has 1 aromatic rings. The molecular formula is C13H26N4. The van der Waals surface area contributed by atoms with E-state index in [2.05, 4.69) is 50.1 Å². The predicted octanol–water partition coefficient (Wildman–Crippen LogP) is 1.93. The summed E-state index contributed by atoms with van der Waals surface area (Å²) in [5.74, 6) is 1.84. The van der Waals surface area contributed by atoms with Crippen molar-refractivity contribution in [1.29, 1.82) is 0 Å². The second kappa shape index (κ2) is 5.54. The molecule has 1 aromatic heterocycles. The van der Waals surface area contributed by atoms with E-state index in [9.17, 15) is 0 Å². The van der Waals surface area contributed by atoms with E-state index >= 15 is 0 Å². The third kappa shape index (κ3) is 2.80. The summed E-state index contributed by atoms with van der Waals surface area (Å²) >= 11 is 0. The third-order valence-electron chi connectivity index (χ3n) is 3.58. The van der Waals surface area contributed by atoms with Crippen LogP contribution in [0.1, 0.15) is 32.0 Å². The summed E-state index contributed by atoms with van der Waals surface area (Å²) in [6.45, 7) is 9.70. The molecule has 17 heavy (non-hydrogen) atoms. The second-order valence-corrected chi connectivity index (χ2v) is 5.14. The van der Waals surface area contributed by atoms with Crippen LogP contribution in [0.25, 0.3) is 0 Å². The first-order chi connectivity index (χ1) is 7.90. The molecule has 0 bridgehead atoms. The summed E-state index contributed by atoms with van der Waals surface area (Å²) in [4.78, 5) is 2.33. The van der Waals surface area contributed by atoms with Gasteiger partial charge >= 0.3 is 0 Å². The van der Waals surface area contributed by atoms with Gasteiger partial charge in [0.2, 0.25) is 0 Å². The zero-order chi connectivity index (χ0) is 13.2. The largest absolute Gasteiger partial charge is 0.357 e. The maximum absolute atomic E-state index is 4.53. The Hall–Kier alpha value is -1.03. The van der Waals surface area contributed by atoms with Gasteiger partial charge in [0.15, 0.2) is 0 Å². The van der Waals surface area contributed by atoms with E-state index in [1.165, 1.54) is 11.4 Å². The van der Waals surface area contributed by atoms with E-state index in [0.29, 0.717) is 12.0 Å². The van der Waals surface area contributed by atoms with E-state index in [1.807, 2.05) is 18.8 Å². The third-order valence-corrected chi connectivity index (χ3v) is 3.58. The molecule has 0 aliphatic rings. The highest BCUT2D eigenvalue weighted by Crippen LogP contribution is 2.25. The Labute approximate surface area is 105 Å². The molecule has 1 heterocycles. The minimum atomic E-state index is 0.500. The van der Waals surface area contributed by atoms with Crippen LogP contribution in [-0.4, -0.2) is 29.9 Å². The van der Waals surface area contributed by atoms with Crippen molar-refractivity contribution in [2.75, 3.05) is 19.0 Å². The first-order valence-electron chi connectivity index (χ1n) is 6.30. The van der Waals surface area contributed by atoms with Crippen LogP contribution in [0.4, 0.5) is 5.82 Å². The van der Waals surface area contributed by atoms with Crippen LogP contribution in [0.2, 0.25) is 0 Å². The lowest BCUT2D eigenvalue weighted by Crippen LogP contribution is -2.35. The molecular weight excluding hydrogens is 212 g/mol. The van der Waals surface area contributed by atoms with Gasteiger partial charge in [0, 0.05) is 32.2 Å². The van der Waals surface area contributed by atoms with Gasteiger partial charge in [-0.1, -0.05) is 13.8 Å². The fraction of sp³-hybridized carbons (Fsp3) is 0.769. The van der Waals surface area contributed by atoms with Crippen molar-refractivity contribution in [3.63, 3.8) is 0 Å². The summed E-state index contributed by atoms with van der Waals surface area (Å²) in [5.41, 5.74) is 2.41. The molecule has 0 amide bonds. The first kappa shape index (κ1) is 14.0. The molecule has 0 spiro atoms. The van der Waals surface area contributed by atoms with Crippen molar-refractivity contribution in [3.8, 4) is 0 Å². The molecule has 4 nitrogen and oxygen atoms in total. The summed E-state index contributed by atoms with van der Waals surface area (Å²) in [5, 5.41) is 7.75. The van der Waals surface area contributed by atoms with E-state index < -0.39 is 0 Å². The molecule has 0 aliphatic carbocycles. The maximum Gasteiger partial charge on any atom is 0.131 e. The molecule has 1 atom stereocenters. The van der Waals surface area contributed by atoms with Gasteiger partial charge in [0.1, 0.15) is 5.82 Å². The van der Waals surface area contributed by atoms with Crippen molar-refractivity contribution in [2.24, 2.45) is 13.0 Å². The molecule has 1 N–H and O–H groups in total. The topological polar surface area (TPSA) is 33.1 Å². The van der Waals surface area contributed by atoms with E-state index in [1.54, 1.807) is 0 Å². The minimum absolute atomic E-state index is 0.500. The van der Waals surface area contributed by atoms with Gasteiger partial charge in [-0.25, -0.2) is 0 Å². The lowest BCUT2D eigenvalue weighted by molar-refractivity contribution is 0.495. The van der Waals surface area contributed by atoms with Gasteiger partial charge in [-0.05, 0) is 26.8 Å². The van der Waals surface area contributed by atoms with Crippen LogP contribution in [0, 0.1) is 12.8 Å². The van der Waals surface area contributed by atoms with E-state index in [0.717, 1.165) is 12.2 Å². The Balaban J connectivity index is 3.11. The molecule has 0 fully saturated rings. The quantitative estimate of drug-likeness (QED) is 0.851. The highest BCUT2D eigenvalue weighted by atomic mass is 15.4. The van der Waals surface area contributed by atoms with E-state index in [4.69, 9.17) is 0 Å². The number of nitrogens with one attached hydrogen (secondary N) is 1. The Morgan fingerprint density at radius 1 is 1.35 bits per heavy atom. The van der Waals surface area contributed by atoms with Gasteiger partial charge in [-0.15, -0.1) is 0 Å². The van der Waals surface area contributed by atoms with Crippen molar-refractivity contribution in [1.82, 2.24) is 15.1 Å². The van der Waals surface area contributed by atoms with Crippen molar-refractivity contribution in [3.05, 3.63) is 11.3 Å². The number of aryl methyl sites for hydroxylation is 2. The lowest BCUT2D eigenvalue weighted by Gasteiger charge is -2.30. The Morgan fingerprint density at radius 3 is 2.41 bits per heavy atom. The zero-order valence-corrected chi connectivity index (χ0v) is 12.2. The SMILES string of the molecule is CNCc1c(C)nn(C)c1N(C)C(C)C(C)C. The predicted molar refractivity (Wildman–Crippen MR) is 73.4 cm³/mol. The Kier molecular flexibility index (Phi) is 4.57. The summed E-state index contributed by atoms with van der Waals surface area (Å²) in [6.07, 6.45) is 0. The fourth-order valence-corrected chi connectivity index (χ4v) is 2.15. The molecule has 4 heteroatoms. The number of anilines is 1. The van der Waals surface area contributed by atoms with Gasteiger partial charge in [-0.2, -0.15) is 5.10 Å². The van der Waals surface area contributed by atoms with Crippen molar-refractivity contribution >= 4 is 5.82 Å². The molecule has 0 radical (unpaired) electrons. The highest BCUT2D eigenvalue weighted by Gasteiger charge is 2.21. The van der Waals surface area contributed by atoms with Gasteiger partial charge in [0.05, 0.1) is 5.69 Å². The summed E-state index contributed by atoms with van der Waals surface area (Å²) in [6, 6.07) is 0.500. The van der Waals surface area contributed by atoms with Crippen molar-refractivity contribution < 1.29 is 0 Å². The number of nitrogens with zero attached hydrogens (tertiary/aromatic N) is 3. The normalized spacial score (nSPS) is 13.2. The molecule has 0 saturated carbocycles. The molecule has 1 rings (SSSR count). The Morgan fingerprint density at radius 2 is 1.94 bits per heavy atom. The van der Waals surface area contributed by atoms with Crippen LogP contribution >= 0.6 is 0 Å². The van der Waals surface area contributed by atoms with Crippen LogP contribution in [-0.2, 0) is 13.6 Å². The van der Waals surface area contributed by atoms with Crippen LogP contribution in [0.3, 0.4) is 0 Å². The number of hydrogen-bond donors (Lipinski definition) is 1. The smallest absolute Gasteiger partial charge is 0.131 e. The molecule has 1 unspecified atom stereocenters. The van der Waals surface area contributed by atoms with Gasteiger partial charge in [0.25, 0.3) is 0 Å². The van der Waals surface area contributed by atoms with Crippen LogP contribution in [0.5, 0.6) is 0 Å². The van der Waals surface area contributed by atoms with E-state index in [-0.39, 0.29) is 0 Å². The molecule has 0 aromatic carbocycles. The number of aromatic nitrogens is 2. The summed E-state index contributed by atoms with van der Waals surface area (Å²) < 4.78 is 1.99. The first-order valence-corrected chi connectivity index (χ1v) is 6.30. The van der Waals surface area contributed by atoms with Crippen LogP contribution in [0.15, 0.2) is 0 Å². The summed E-state index contributed by atoms with van der Waals surface area (Å²) in [7, 11) is 6.15. The number of rotatable bonds is 5. The monoisotopic (exact) mass is 238 g/mol.